The Kier molecular flexibility index (Phi) is 9.70. The van der Waals surface area contributed by atoms with Crippen LogP contribution in [0, 0.1) is 13.8 Å². The van der Waals surface area contributed by atoms with Crippen molar-refractivity contribution < 1.29 is 13.2 Å². The maximum absolute atomic E-state index is 13.3. The summed E-state index contributed by atoms with van der Waals surface area (Å²) in [5.74, 6) is -1.09. The summed E-state index contributed by atoms with van der Waals surface area (Å²) >= 11 is 7.61. The number of nitrogens with zero attached hydrogens (tertiary/aromatic N) is 3. The molecule has 0 atom stereocenters. The second kappa shape index (κ2) is 11.6. The number of halogens is 2. The van der Waals surface area contributed by atoms with Gasteiger partial charge in [0.25, 0.3) is 0 Å². The van der Waals surface area contributed by atoms with Crippen molar-refractivity contribution in [1.29, 1.82) is 0 Å². The fourth-order valence-corrected chi connectivity index (χ4v) is 5.80. The fraction of sp³-hybridized carbons (Fsp3) is 0.391. The van der Waals surface area contributed by atoms with Crippen LogP contribution in [0.1, 0.15) is 25.0 Å². The van der Waals surface area contributed by atoms with Crippen LogP contribution in [0.5, 0.6) is 0 Å². The number of carbonyl (C=O) groups is 1. The predicted molar refractivity (Wildman–Crippen MR) is 140 cm³/mol. The van der Waals surface area contributed by atoms with Crippen LogP contribution >= 0.6 is 35.3 Å². The second-order valence-corrected chi connectivity index (χ2v) is 11.1. The van der Waals surface area contributed by atoms with Gasteiger partial charge in [0.2, 0.25) is 5.91 Å². The van der Waals surface area contributed by atoms with Gasteiger partial charge in [0, 0.05) is 18.1 Å². The van der Waals surface area contributed by atoms with Gasteiger partial charge in [-0.2, -0.15) is 0 Å². The van der Waals surface area contributed by atoms with E-state index >= 15 is 0 Å². The number of fused-ring (bicyclic) bond motifs is 1. The lowest BCUT2D eigenvalue weighted by Crippen LogP contribution is -2.41. The number of thiazole rings is 1. The zero-order valence-corrected chi connectivity index (χ0v) is 22.4. The van der Waals surface area contributed by atoms with Gasteiger partial charge in [-0.25, -0.2) is 13.4 Å². The van der Waals surface area contributed by atoms with Crippen molar-refractivity contribution in [3.8, 4) is 0 Å². The van der Waals surface area contributed by atoms with Crippen molar-refractivity contribution in [2.75, 3.05) is 36.8 Å². The summed E-state index contributed by atoms with van der Waals surface area (Å²) < 4.78 is 26.7. The number of aromatic nitrogens is 1. The van der Waals surface area contributed by atoms with Crippen molar-refractivity contribution in [2.24, 2.45) is 0 Å². The quantitative estimate of drug-likeness (QED) is 0.383. The predicted octanol–water partition coefficient (Wildman–Crippen LogP) is 5.14. The smallest absolute Gasteiger partial charge is 0.244 e. The van der Waals surface area contributed by atoms with Crippen LogP contribution in [0.25, 0.3) is 10.2 Å². The van der Waals surface area contributed by atoms with Gasteiger partial charge in [-0.15, -0.1) is 12.4 Å². The first-order valence-corrected chi connectivity index (χ1v) is 13.4. The molecule has 10 heteroatoms. The van der Waals surface area contributed by atoms with Crippen LogP contribution in [0.3, 0.4) is 0 Å². The average molecular weight is 531 g/mol. The van der Waals surface area contributed by atoms with E-state index in [0.717, 1.165) is 34.4 Å². The lowest BCUT2D eigenvalue weighted by atomic mass is 10.2. The van der Waals surface area contributed by atoms with Gasteiger partial charge < -0.3 is 4.90 Å². The molecule has 1 aromatic heterocycles. The molecular weight excluding hydrogens is 501 g/mol. The van der Waals surface area contributed by atoms with E-state index in [9.17, 15) is 13.2 Å². The summed E-state index contributed by atoms with van der Waals surface area (Å²) in [7, 11) is -3.77. The van der Waals surface area contributed by atoms with Gasteiger partial charge in [-0.1, -0.05) is 54.5 Å². The molecular formula is C23H29Cl2N3O3S2. The van der Waals surface area contributed by atoms with Gasteiger partial charge in [-0.3, -0.25) is 9.69 Å². The molecule has 180 valence electrons. The number of carbonyl (C=O) groups excluding carboxylic acids is 1. The topological polar surface area (TPSA) is 70.6 Å². The molecule has 1 heterocycles. The third-order valence-electron chi connectivity index (χ3n) is 5.50. The summed E-state index contributed by atoms with van der Waals surface area (Å²) in [5.41, 5.74) is 2.54. The molecule has 0 saturated carbocycles. The van der Waals surface area contributed by atoms with E-state index in [2.05, 4.69) is 23.7 Å². The molecule has 0 N–H and O–H groups in total. The summed E-state index contributed by atoms with van der Waals surface area (Å²) in [6.45, 7) is 10.6. The highest BCUT2D eigenvalue weighted by Gasteiger charge is 2.27. The molecule has 0 saturated heterocycles. The van der Waals surface area contributed by atoms with Crippen LogP contribution in [0.15, 0.2) is 41.3 Å². The standard InChI is InChI=1S/C23H28ClN3O3S2.ClH/c1-5-26(6-2)13-14-27(23-25-22-17(4)19(24)11-12-20(22)31-23)21(28)15-32(29,30)18-9-7-16(3)8-10-18;/h7-12H,5-6,13-15H2,1-4H3;1H. The van der Waals surface area contributed by atoms with Gasteiger partial charge in [0.15, 0.2) is 15.0 Å². The minimum Gasteiger partial charge on any atom is -0.302 e. The number of hydrogen-bond acceptors (Lipinski definition) is 6. The number of benzene rings is 2. The summed E-state index contributed by atoms with van der Waals surface area (Å²) in [6, 6.07) is 10.2. The molecule has 33 heavy (non-hydrogen) atoms. The van der Waals surface area contributed by atoms with Crippen LogP contribution in [0.2, 0.25) is 5.02 Å². The van der Waals surface area contributed by atoms with E-state index in [-0.39, 0.29) is 17.3 Å². The fourth-order valence-electron chi connectivity index (χ4n) is 3.38. The Morgan fingerprint density at radius 1 is 1.03 bits per heavy atom. The average Bonchev–Trinajstić information content (AvgIpc) is 3.18. The third kappa shape index (κ3) is 6.45. The Morgan fingerprint density at radius 3 is 2.27 bits per heavy atom. The Bertz CT molecular complexity index is 1210. The molecule has 1 amide bonds. The maximum Gasteiger partial charge on any atom is 0.244 e. The van der Waals surface area contributed by atoms with Gasteiger partial charge in [-0.05, 0) is 56.8 Å². The van der Waals surface area contributed by atoms with Crippen molar-refractivity contribution in [3.63, 3.8) is 0 Å². The maximum atomic E-state index is 13.3. The van der Waals surface area contributed by atoms with E-state index in [4.69, 9.17) is 11.6 Å². The molecule has 3 rings (SSSR count). The number of likely N-dealkylation sites (N-methyl/N-ethyl adjacent to an activating group) is 1. The molecule has 0 spiro atoms. The summed E-state index contributed by atoms with van der Waals surface area (Å²) in [5, 5.41) is 1.10. The third-order valence-corrected chi connectivity index (χ3v) is 8.57. The van der Waals surface area contributed by atoms with Crippen molar-refractivity contribution in [3.05, 3.63) is 52.5 Å². The van der Waals surface area contributed by atoms with Crippen molar-refractivity contribution >= 4 is 66.4 Å². The number of anilines is 1. The Labute approximate surface area is 210 Å². The molecule has 0 radical (unpaired) electrons. The Hall–Kier alpha value is -1.71. The number of hydrogen-bond donors (Lipinski definition) is 0. The Balaban J connectivity index is 0.00000385. The lowest BCUT2D eigenvalue weighted by molar-refractivity contribution is -0.116. The zero-order valence-electron chi connectivity index (χ0n) is 19.2. The normalized spacial score (nSPS) is 11.6. The minimum atomic E-state index is -3.77. The number of aryl methyl sites for hydroxylation is 2. The molecule has 2 aromatic carbocycles. The first-order chi connectivity index (χ1) is 15.2. The first-order valence-electron chi connectivity index (χ1n) is 10.5. The molecule has 0 fully saturated rings. The van der Waals surface area contributed by atoms with Crippen LogP contribution in [-0.4, -0.2) is 56.1 Å². The minimum absolute atomic E-state index is 0. The highest BCUT2D eigenvalue weighted by Crippen LogP contribution is 2.33. The Morgan fingerprint density at radius 2 is 1.67 bits per heavy atom. The highest BCUT2D eigenvalue weighted by atomic mass is 35.5. The molecule has 6 nitrogen and oxygen atoms in total. The molecule has 0 bridgehead atoms. The number of amides is 1. The molecule has 0 aliphatic rings. The monoisotopic (exact) mass is 529 g/mol. The largest absolute Gasteiger partial charge is 0.302 e. The van der Waals surface area contributed by atoms with Crippen molar-refractivity contribution in [2.45, 2.75) is 32.6 Å². The van der Waals surface area contributed by atoms with Crippen molar-refractivity contribution in [1.82, 2.24) is 9.88 Å². The summed E-state index contributed by atoms with van der Waals surface area (Å²) in [6.07, 6.45) is 0. The zero-order chi connectivity index (χ0) is 23.5. The SMILES string of the molecule is CCN(CC)CCN(C(=O)CS(=O)(=O)c1ccc(C)cc1)c1nc2c(C)c(Cl)ccc2s1.Cl. The molecule has 0 aliphatic carbocycles. The van der Waals surface area contributed by atoms with Gasteiger partial charge >= 0.3 is 0 Å². The molecule has 0 unspecified atom stereocenters. The number of rotatable bonds is 9. The highest BCUT2D eigenvalue weighted by molar-refractivity contribution is 7.92. The van der Waals surface area contributed by atoms with E-state index in [1.54, 1.807) is 24.3 Å². The lowest BCUT2D eigenvalue weighted by Gasteiger charge is -2.24. The van der Waals surface area contributed by atoms with Gasteiger partial charge in [0.05, 0.1) is 15.1 Å². The molecule has 3 aromatic rings. The van der Waals surface area contributed by atoms with Crippen LogP contribution < -0.4 is 4.90 Å². The van der Waals surface area contributed by atoms with Crippen LogP contribution in [0.4, 0.5) is 5.13 Å². The van der Waals surface area contributed by atoms with E-state index in [0.29, 0.717) is 23.2 Å². The number of sulfone groups is 1. The summed E-state index contributed by atoms with van der Waals surface area (Å²) in [4.78, 5) is 21.8. The van der Waals surface area contributed by atoms with E-state index in [1.165, 1.54) is 16.2 Å². The first kappa shape index (κ1) is 27.5. The molecule has 0 aliphatic heterocycles. The van der Waals surface area contributed by atoms with E-state index in [1.807, 2.05) is 26.0 Å². The van der Waals surface area contributed by atoms with Crippen LogP contribution in [-0.2, 0) is 14.6 Å². The second-order valence-electron chi connectivity index (χ2n) is 7.66. The van der Waals surface area contributed by atoms with E-state index < -0.39 is 21.5 Å². The van der Waals surface area contributed by atoms with Gasteiger partial charge in [0.1, 0.15) is 5.75 Å².